The summed E-state index contributed by atoms with van der Waals surface area (Å²) in [6, 6.07) is 7.81. The number of carbonyl (C=O) groups excluding carboxylic acids is 1. The van der Waals surface area contributed by atoms with Crippen LogP contribution in [0.5, 0.6) is 0 Å². The van der Waals surface area contributed by atoms with E-state index in [1.54, 1.807) is 0 Å². The fourth-order valence-electron chi connectivity index (χ4n) is 1.88. The number of hydrogen-bond acceptors (Lipinski definition) is 1. The van der Waals surface area contributed by atoms with Gasteiger partial charge < -0.3 is 4.90 Å². The van der Waals surface area contributed by atoms with Gasteiger partial charge in [-0.05, 0) is 31.9 Å². The summed E-state index contributed by atoms with van der Waals surface area (Å²) in [5.74, 6) is 0.186. The number of likely N-dealkylation sites (tertiary alicyclic amines) is 1. The Labute approximate surface area is 98.3 Å². The summed E-state index contributed by atoms with van der Waals surface area (Å²) in [7, 11) is 0. The largest absolute Gasteiger partial charge is 0.339 e. The van der Waals surface area contributed by atoms with Crippen LogP contribution in [0.4, 0.5) is 0 Å². The van der Waals surface area contributed by atoms with Gasteiger partial charge in [-0.15, -0.1) is 0 Å². The molecule has 0 N–H and O–H groups in total. The molecule has 0 spiro atoms. The van der Waals surface area contributed by atoms with Crippen LogP contribution in [0.1, 0.15) is 42.6 Å². The predicted molar refractivity (Wildman–Crippen MR) is 67.7 cm³/mol. The molecule has 16 heavy (non-hydrogen) atoms. The van der Waals surface area contributed by atoms with Crippen LogP contribution >= 0.6 is 0 Å². The van der Waals surface area contributed by atoms with Gasteiger partial charge in [-0.2, -0.15) is 0 Å². The molecule has 1 amide bonds. The zero-order chi connectivity index (χ0) is 12.0. The molecule has 2 heteroatoms. The minimum Gasteiger partial charge on any atom is -0.339 e. The topological polar surface area (TPSA) is 20.3 Å². The maximum atomic E-state index is 11.9. The predicted octanol–water partition coefficient (Wildman–Crippen LogP) is 3.26. The average Bonchev–Trinajstić information content (AvgIpc) is 2.84. The second-order valence-electron chi connectivity index (χ2n) is 3.87. The lowest BCUT2D eigenvalue weighted by Gasteiger charge is -2.15. The van der Waals surface area contributed by atoms with Gasteiger partial charge in [0.1, 0.15) is 0 Å². The summed E-state index contributed by atoms with van der Waals surface area (Å²) < 4.78 is 0. The Bertz CT molecular complexity index is 340. The lowest BCUT2D eigenvalue weighted by molar-refractivity contribution is 0.0792. The van der Waals surface area contributed by atoms with Crippen LogP contribution in [0.25, 0.3) is 0 Å². The standard InChI is InChI=1S/C12H15NO.C2H6/c1-10-5-4-6-11(9-10)12(14)13-7-2-3-8-13;1-2/h4-6,9H,2-3,7-8H2,1H3;1-2H3. The first-order valence-corrected chi connectivity index (χ1v) is 6.13. The van der Waals surface area contributed by atoms with E-state index >= 15 is 0 Å². The molecule has 1 saturated heterocycles. The van der Waals surface area contributed by atoms with Crippen molar-refractivity contribution >= 4 is 5.91 Å². The van der Waals surface area contributed by atoms with E-state index in [4.69, 9.17) is 0 Å². The monoisotopic (exact) mass is 219 g/mol. The number of carbonyl (C=O) groups is 1. The van der Waals surface area contributed by atoms with Crippen LogP contribution in [-0.2, 0) is 0 Å². The van der Waals surface area contributed by atoms with Crippen molar-refractivity contribution in [3.8, 4) is 0 Å². The van der Waals surface area contributed by atoms with Crippen LogP contribution in [0, 0.1) is 6.92 Å². The molecular formula is C14H21NO. The van der Waals surface area contributed by atoms with Gasteiger partial charge in [-0.1, -0.05) is 31.5 Å². The molecule has 0 saturated carbocycles. The summed E-state index contributed by atoms with van der Waals surface area (Å²) in [4.78, 5) is 13.9. The molecule has 1 fully saturated rings. The molecule has 0 aromatic heterocycles. The van der Waals surface area contributed by atoms with E-state index in [9.17, 15) is 4.79 Å². The zero-order valence-corrected chi connectivity index (χ0v) is 10.5. The van der Waals surface area contributed by atoms with Gasteiger partial charge in [0.2, 0.25) is 0 Å². The van der Waals surface area contributed by atoms with Gasteiger partial charge in [0.05, 0.1) is 0 Å². The Morgan fingerprint density at radius 3 is 2.38 bits per heavy atom. The molecule has 88 valence electrons. The Balaban J connectivity index is 0.000000606. The normalized spacial score (nSPS) is 14.3. The summed E-state index contributed by atoms with van der Waals surface area (Å²) in [5, 5.41) is 0. The lowest BCUT2D eigenvalue weighted by atomic mass is 10.1. The van der Waals surface area contributed by atoms with Gasteiger partial charge in [-0.3, -0.25) is 4.79 Å². The van der Waals surface area contributed by atoms with Gasteiger partial charge >= 0.3 is 0 Å². The highest BCUT2D eigenvalue weighted by atomic mass is 16.2. The third-order valence-corrected chi connectivity index (χ3v) is 2.66. The Hall–Kier alpha value is -1.31. The molecule has 1 aromatic rings. The van der Waals surface area contributed by atoms with E-state index in [0.717, 1.165) is 37.1 Å². The van der Waals surface area contributed by atoms with Crippen LogP contribution in [-0.4, -0.2) is 23.9 Å². The van der Waals surface area contributed by atoms with Gasteiger partial charge in [-0.25, -0.2) is 0 Å². The van der Waals surface area contributed by atoms with Crippen LogP contribution < -0.4 is 0 Å². The second kappa shape index (κ2) is 6.31. The van der Waals surface area contributed by atoms with Crippen molar-refractivity contribution in [2.24, 2.45) is 0 Å². The van der Waals surface area contributed by atoms with Crippen LogP contribution in [0.15, 0.2) is 24.3 Å². The minimum absolute atomic E-state index is 0.186. The highest BCUT2D eigenvalue weighted by Gasteiger charge is 2.18. The lowest BCUT2D eigenvalue weighted by Crippen LogP contribution is -2.27. The van der Waals surface area contributed by atoms with Gasteiger partial charge in [0.25, 0.3) is 5.91 Å². The molecule has 0 atom stereocenters. The Morgan fingerprint density at radius 2 is 1.81 bits per heavy atom. The van der Waals surface area contributed by atoms with Crippen LogP contribution in [0.3, 0.4) is 0 Å². The first-order valence-electron chi connectivity index (χ1n) is 6.13. The average molecular weight is 219 g/mol. The zero-order valence-electron chi connectivity index (χ0n) is 10.5. The van der Waals surface area contributed by atoms with E-state index in [-0.39, 0.29) is 5.91 Å². The molecule has 0 bridgehead atoms. The highest BCUT2D eigenvalue weighted by molar-refractivity contribution is 5.94. The number of hydrogen-bond donors (Lipinski definition) is 0. The third-order valence-electron chi connectivity index (χ3n) is 2.66. The first kappa shape index (κ1) is 12.8. The molecule has 2 rings (SSSR count). The summed E-state index contributed by atoms with van der Waals surface area (Å²) in [6.07, 6.45) is 2.30. The van der Waals surface area contributed by atoms with Crippen molar-refractivity contribution in [2.75, 3.05) is 13.1 Å². The minimum atomic E-state index is 0.186. The highest BCUT2D eigenvalue weighted by Crippen LogP contribution is 2.13. The second-order valence-corrected chi connectivity index (χ2v) is 3.87. The van der Waals surface area contributed by atoms with Crippen molar-refractivity contribution < 1.29 is 4.79 Å². The number of rotatable bonds is 1. The molecule has 0 aliphatic carbocycles. The molecule has 1 aromatic carbocycles. The fraction of sp³-hybridized carbons (Fsp3) is 0.500. The van der Waals surface area contributed by atoms with E-state index in [2.05, 4.69) is 0 Å². The Kier molecular flexibility index (Phi) is 5.03. The SMILES string of the molecule is CC.Cc1cccc(C(=O)N2CCCC2)c1. The summed E-state index contributed by atoms with van der Waals surface area (Å²) in [6.45, 7) is 7.86. The number of benzene rings is 1. The summed E-state index contributed by atoms with van der Waals surface area (Å²) in [5.41, 5.74) is 1.97. The molecule has 1 heterocycles. The molecule has 1 aliphatic rings. The quantitative estimate of drug-likeness (QED) is 0.710. The molecule has 0 radical (unpaired) electrons. The maximum Gasteiger partial charge on any atom is 0.253 e. The number of nitrogens with zero attached hydrogens (tertiary/aromatic N) is 1. The van der Waals surface area contributed by atoms with Crippen molar-refractivity contribution in [3.05, 3.63) is 35.4 Å². The smallest absolute Gasteiger partial charge is 0.253 e. The summed E-state index contributed by atoms with van der Waals surface area (Å²) >= 11 is 0. The first-order chi connectivity index (χ1) is 7.77. The molecule has 2 nitrogen and oxygen atoms in total. The molecular weight excluding hydrogens is 198 g/mol. The van der Waals surface area contributed by atoms with Gasteiger partial charge in [0, 0.05) is 18.7 Å². The van der Waals surface area contributed by atoms with Crippen molar-refractivity contribution in [3.63, 3.8) is 0 Å². The van der Waals surface area contributed by atoms with E-state index in [1.165, 1.54) is 0 Å². The van der Waals surface area contributed by atoms with Crippen molar-refractivity contribution in [1.82, 2.24) is 4.90 Å². The third kappa shape index (κ3) is 3.09. The Morgan fingerprint density at radius 1 is 1.19 bits per heavy atom. The fourth-order valence-corrected chi connectivity index (χ4v) is 1.88. The van der Waals surface area contributed by atoms with Crippen molar-refractivity contribution in [2.45, 2.75) is 33.6 Å². The van der Waals surface area contributed by atoms with E-state index < -0.39 is 0 Å². The number of aryl methyl sites for hydroxylation is 1. The maximum absolute atomic E-state index is 11.9. The van der Waals surface area contributed by atoms with E-state index in [1.807, 2.05) is 49.9 Å². The number of amides is 1. The van der Waals surface area contributed by atoms with Crippen molar-refractivity contribution in [1.29, 1.82) is 0 Å². The molecule has 1 aliphatic heterocycles. The van der Waals surface area contributed by atoms with Crippen LogP contribution in [0.2, 0.25) is 0 Å². The van der Waals surface area contributed by atoms with E-state index in [0.29, 0.717) is 0 Å². The molecule has 0 unspecified atom stereocenters. The van der Waals surface area contributed by atoms with Gasteiger partial charge in [0.15, 0.2) is 0 Å².